The van der Waals surface area contributed by atoms with Crippen molar-refractivity contribution in [3.05, 3.63) is 65.7 Å². The number of likely N-dealkylation sites (N-methyl/N-ethyl adjacent to an activating group) is 1. The first-order chi connectivity index (χ1) is 19.8. The van der Waals surface area contributed by atoms with Crippen molar-refractivity contribution in [1.82, 2.24) is 29.5 Å². The van der Waals surface area contributed by atoms with Gasteiger partial charge in [0.05, 0.1) is 29.6 Å². The molecule has 212 valence electrons. The highest BCUT2D eigenvalue weighted by atomic mass is 16.3. The second-order valence-corrected chi connectivity index (χ2v) is 10.4. The second-order valence-electron chi connectivity index (χ2n) is 10.4. The number of rotatable bonds is 9. The molecule has 0 aliphatic heterocycles. The smallest absolute Gasteiger partial charge is 0.257 e. The number of hydrogen-bond donors (Lipinski definition) is 3. The number of pyridine rings is 2. The van der Waals surface area contributed by atoms with Gasteiger partial charge in [-0.3, -0.25) is 9.78 Å². The average Bonchev–Trinajstić information content (AvgIpc) is 3.40. The van der Waals surface area contributed by atoms with E-state index in [2.05, 4.69) is 31.8 Å². The van der Waals surface area contributed by atoms with Crippen molar-refractivity contribution in [3.8, 4) is 6.07 Å². The van der Waals surface area contributed by atoms with Gasteiger partial charge in [-0.2, -0.15) is 9.78 Å². The van der Waals surface area contributed by atoms with Crippen LogP contribution in [0.25, 0.3) is 5.65 Å². The highest BCUT2D eigenvalue weighted by Gasteiger charge is 2.24. The third-order valence-corrected chi connectivity index (χ3v) is 7.21. The second kappa shape index (κ2) is 12.2. The number of amides is 1. The van der Waals surface area contributed by atoms with Crippen LogP contribution >= 0.6 is 0 Å². The minimum atomic E-state index is -0.465. The van der Waals surface area contributed by atoms with Crippen LogP contribution in [-0.4, -0.2) is 80.3 Å². The summed E-state index contributed by atoms with van der Waals surface area (Å²) in [7, 11) is 5.45. The van der Waals surface area contributed by atoms with Gasteiger partial charge in [-0.15, -0.1) is 5.10 Å². The number of carbonyl (C=O) groups is 1. The summed E-state index contributed by atoms with van der Waals surface area (Å²) in [5, 5.41) is 31.3. The molecule has 12 nitrogen and oxygen atoms in total. The summed E-state index contributed by atoms with van der Waals surface area (Å²) in [6.07, 6.45) is 6.98. The molecule has 4 heterocycles. The Balaban J connectivity index is 1.41. The van der Waals surface area contributed by atoms with Gasteiger partial charge in [0.15, 0.2) is 11.3 Å². The fraction of sp³-hybridized carbons (Fsp3) is 0.379. The van der Waals surface area contributed by atoms with E-state index in [4.69, 9.17) is 4.98 Å². The molecule has 0 spiro atoms. The lowest BCUT2D eigenvalue weighted by atomic mass is 9.92. The monoisotopic (exact) mass is 554 g/mol. The summed E-state index contributed by atoms with van der Waals surface area (Å²) in [4.78, 5) is 30.3. The zero-order valence-corrected chi connectivity index (χ0v) is 23.4. The predicted molar refractivity (Wildman–Crippen MR) is 156 cm³/mol. The maximum absolute atomic E-state index is 13.4. The van der Waals surface area contributed by atoms with Gasteiger partial charge in [0, 0.05) is 52.1 Å². The predicted octanol–water partition coefficient (Wildman–Crippen LogP) is 3.23. The van der Waals surface area contributed by atoms with E-state index in [1.807, 2.05) is 32.3 Å². The van der Waals surface area contributed by atoms with Gasteiger partial charge in [0.1, 0.15) is 23.5 Å². The SMILES string of the molecule is CN(CCc1ccccn1)C(=O)c1ccc(Nc2cc(N[C@@H]3CCCC[C@H]3O)nn3c(C#N)cnc23)nc1N(C)C. The number of imidazole rings is 1. The molecule has 0 saturated heterocycles. The van der Waals surface area contributed by atoms with Crippen LogP contribution < -0.4 is 15.5 Å². The topological polar surface area (TPSA) is 148 Å². The van der Waals surface area contributed by atoms with Gasteiger partial charge < -0.3 is 25.5 Å². The van der Waals surface area contributed by atoms with Crippen molar-refractivity contribution in [1.29, 1.82) is 5.26 Å². The number of nitriles is 1. The Labute approximate surface area is 238 Å². The molecule has 1 amide bonds. The number of nitrogens with one attached hydrogen (secondary N) is 2. The summed E-state index contributed by atoms with van der Waals surface area (Å²) >= 11 is 0. The lowest BCUT2D eigenvalue weighted by Gasteiger charge is -2.28. The Morgan fingerprint density at radius 1 is 1.15 bits per heavy atom. The van der Waals surface area contributed by atoms with Crippen LogP contribution in [0.15, 0.2) is 48.8 Å². The first-order valence-electron chi connectivity index (χ1n) is 13.7. The van der Waals surface area contributed by atoms with Crippen LogP contribution in [0.5, 0.6) is 0 Å². The van der Waals surface area contributed by atoms with Gasteiger partial charge in [-0.25, -0.2) is 9.97 Å². The minimum Gasteiger partial charge on any atom is -0.391 e. The molecule has 1 saturated carbocycles. The molecule has 41 heavy (non-hydrogen) atoms. The van der Waals surface area contributed by atoms with Crippen LogP contribution in [0.2, 0.25) is 0 Å². The van der Waals surface area contributed by atoms with Crippen LogP contribution in [0.3, 0.4) is 0 Å². The maximum atomic E-state index is 13.4. The van der Waals surface area contributed by atoms with Gasteiger partial charge >= 0.3 is 0 Å². The molecule has 0 radical (unpaired) electrons. The molecule has 4 aromatic rings. The van der Waals surface area contributed by atoms with E-state index < -0.39 is 6.10 Å². The van der Waals surface area contributed by atoms with Crippen molar-refractivity contribution in [3.63, 3.8) is 0 Å². The molecule has 1 aliphatic rings. The summed E-state index contributed by atoms with van der Waals surface area (Å²) in [6, 6.07) is 13.0. The molecule has 4 aromatic heterocycles. The lowest BCUT2D eigenvalue weighted by molar-refractivity contribution is 0.0796. The summed E-state index contributed by atoms with van der Waals surface area (Å²) in [6.45, 7) is 0.518. The fourth-order valence-electron chi connectivity index (χ4n) is 4.98. The summed E-state index contributed by atoms with van der Waals surface area (Å²) < 4.78 is 1.47. The zero-order chi connectivity index (χ0) is 28.9. The van der Waals surface area contributed by atoms with E-state index in [1.165, 1.54) is 10.7 Å². The largest absolute Gasteiger partial charge is 0.391 e. The number of hydrogen-bond acceptors (Lipinski definition) is 10. The first-order valence-corrected chi connectivity index (χ1v) is 13.7. The Hall–Kier alpha value is -4.76. The standard InChI is InChI=1S/C29H34N10O2/c1-37(2)27-21(29(41)38(3)15-13-19-8-6-7-14-31-19)11-12-25(35-27)34-23-16-26(33-22-9-4-5-10-24(22)40)36-39-20(17-30)18-32-28(23)39/h6-8,11-12,14,16,18,22,24,40H,4-5,9-10,13,15H2,1-3H3,(H,33,36)(H,34,35)/t22-,24-/m1/s1. The van der Waals surface area contributed by atoms with E-state index >= 15 is 0 Å². The normalized spacial score (nSPS) is 16.7. The van der Waals surface area contributed by atoms with E-state index in [1.54, 1.807) is 41.2 Å². The number of aliphatic hydroxyl groups is 1. The van der Waals surface area contributed by atoms with E-state index in [0.29, 0.717) is 47.3 Å². The van der Waals surface area contributed by atoms with Gasteiger partial charge in [0.2, 0.25) is 0 Å². The van der Waals surface area contributed by atoms with Crippen molar-refractivity contribution in [2.45, 2.75) is 44.2 Å². The first kappa shape index (κ1) is 27.8. The number of aromatic nitrogens is 5. The highest BCUT2D eigenvalue weighted by molar-refractivity contribution is 5.99. The van der Waals surface area contributed by atoms with E-state index in [-0.39, 0.29) is 17.6 Å². The van der Waals surface area contributed by atoms with Gasteiger partial charge in [-0.05, 0) is 37.1 Å². The number of anilines is 4. The molecular weight excluding hydrogens is 520 g/mol. The number of fused-ring (bicyclic) bond motifs is 1. The van der Waals surface area contributed by atoms with Crippen LogP contribution in [-0.2, 0) is 6.42 Å². The Bertz CT molecular complexity index is 1560. The maximum Gasteiger partial charge on any atom is 0.257 e. The summed E-state index contributed by atoms with van der Waals surface area (Å²) in [5.74, 6) is 1.38. The Morgan fingerprint density at radius 2 is 1.98 bits per heavy atom. The molecule has 2 atom stereocenters. The number of aliphatic hydroxyl groups excluding tert-OH is 1. The third kappa shape index (κ3) is 6.20. The average molecular weight is 555 g/mol. The molecule has 0 bridgehead atoms. The number of nitrogens with zero attached hydrogens (tertiary/aromatic N) is 8. The van der Waals surface area contributed by atoms with Crippen molar-refractivity contribution in [2.75, 3.05) is 43.2 Å². The quantitative estimate of drug-likeness (QED) is 0.282. The molecular formula is C29H34N10O2. The summed E-state index contributed by atoms with van der Waals surface area (Å²) in [5.41, 5.74) is 2.72. The fourth-order valence-corrected chi connectivity index (χ4v) is 4.98. The van der Waals surface area contributed by atoms with Gasteiger partial charge in [-0.1, -0.05) is 18.9 Å². The Kier molecular flexibility index (Phi) is 8.26. The molecule has 12 heteroatoms. The Morgan fingerprint density at radius 3 is 2.71 bits per heavy atom. The minimum absolute atomic E-state index is 0.131. The van der Waals surface area contributed by atoms with Crippen LogP contribution in [0.1, 0.15) is 47.4 Å². The van der Waals surface area contributed by atoms with Crippen LogP contribution in [0.4, 0.5) is 23.1 Å². The molecule has 0 aromatic carbocycles. The third-order valence-electron chi connectivity index (χ3n) is 7.21. The molecule has 1 aliphatic carbocycles. The van der Waals surface area contributed by atoms with E-state index in [0.717, 1.165) is 31.4 Å². The van der Waals surface area contributed by atoms with Gasteiger partial charge in [0.25, 0.3) is 5.91 Å². The van der Waals surface area contributed by atoms with Crippen molar-refractivity contribution < 1.29 is 9.90 Å². The van der Waals surface area contributed by atoms with E-state index in [9.17, 15) is 15.2 Å². The highest BCUT2D eigenvalue weighted by Crippen LogP contribution is 2.28. The lowest BCUT2D eigenvalue weighted by Crippen LogP contribution is -2.36. The van der Waals surface area contributed by atoms with Crippen molar-refractivity contribution >= 4 is 34.7 Å². The van der Waals surface area contributed by atoms with Crippen molar-refractivity contribution in [2.24, 2.45) is 0 Å². The zero-order valence-electron chi connectivity index (χ0n) is 23.4. The molecule has 5 rings (SSSR count). The molecule has 1 fully saturated rings. The molecule has 0 unspecified atom stereocenters. The number of carbonyl (C=O) groups excluding carboxylic acids is 1. The molecule has 3 N–H and O–H groups in total. The van der Waals surface area contributed by atoms with Crippen LogP contribution in [0, 0.1) is 11.3 Å².